The average molecular weight is 345 g/mol. The molecular formula is C20H32N4O. The van der Waals surface area contributed by atoms with Gasteiger partial charge in [-0.3, -0.25) is 9.79 Å². The lowest BCUT2D eigenvalue weighted by Crippen LogP contribution is -2.40. The summed E-state index contributed by atoms with van der Waals surface area (Å²) in [4.78, 5) is 18.3. The van der Waals surface area contributed by atoms with Gasteiger partial charge in [0.2, 0.25) is 5.91 Å². The number of hydrogen-bond acceptors (Lipinski definition) is 2. The number of guanidine groups is 1. The molecule has 25 heavy (non-hydrogen) atoms. The molecule has 0 radical (unpaired) electrons. The average Bonchev–Trinajstić information content (AvgIpc) is 3.02. The number of aliphatic imine (C=N–C) groups is 1. The lowest BCUT2D eigenvalue weighted by molar-refractivity contribution is -0.127. The molecule has 2 rings (SSSR count). The number of rotatable bonds is 8. The number of carbonyl (C=O) groups is 1. The van der Waals surface area contributed by atoms with Crippen molar-refractivity contribution in [2.75, 3.05) is 32.7 Å². The zero-order valence-electron chi connectivity index (χ0n) is 15.8. The Bertz CT molecular complexity index is 568. The minimum Gasteiger partial charge on any atom is -0.357 e. The van der Waals surface area contributed by atoms with Gasteiger partial charge in [-0.1, -0.05) is 44.2 Å². The number of hydrogen-bond donors (Lipinski definition) is 2. The molecule has 0 aromatic heterocycles. The Labute approximate surface area is 151 Å². The number of carbonyl (C=O) groups excluding carboxylic acids is 1. The Morgan fingerprint density at radius 1 is 1.24 bits per heavy atom. The molecule has 1 aliphatic heterocycles. The topological polar surface area (TPSA) is 56.7 Å². The molecule has 1 heterocycles. The number of likely N-dealkylation sites (tertiary alicyclic amines) is 1. The molecular weight excluding hydrogens is 312 g/mol. The second-order valence-corrected chi connectivity index (χ2v) is 7.21. The monoisotopic (exact) mass is 344 g/mol. The van der Waals surface area contributed by atoms with Crippen molar-refractivity contribution in [3.8, 4) is 0 Å². The van der Waals surface area contributed by atoms with Gasteiger partial charge in [-0.15, -0.1) is 0 Å². The molecule has 0 saturated carbocycles. The third-order valence-corrected chi connectivity index (χ3v) is 4.60. The van der Waals surface area contributed by atoms with E-state index in [4.69, 9.17) is 4.99 Å². The van der Waals surface area contributed by atoms with Gasteiger partial charge < -0.3 is 15.5 Å². The molecule has 0 aliphatic carbocycles. The van der Waals surface area contributed by atoms with Gasteiger partial charge in [-0.05, 0) is 25.3 Å². The van der Waals surface area contributed by atoms with Crippen molar-refractivity contribution < 1.29 is 4.79 Å². The highest BCUT2D eigenvalue weighted by Gasteiger charge is 2.20. The summed E-state index contributed by atoms with van der Waals surface area (Å²) in [5.74, 6) is 1.14. The summed E-state index contributed by atoms with van der Waals surface area (Å²) in [7, 11) is 0. The summed E-state index contributed by atoms with van der Waals surface area (Å²) in [6.07, 6.45) is 2.66. The predicted octanol–water partition coefficient (Wildman–Crippen LogP) is 2.53. The molecule has 5 heteroatoms. The Kier molecular flexibility index (Phi) is 7.29. The first-order valence-corrected chi connectivity index (χ1v) is 9.38. The zero-order valence-corrected chi connectivity index (χ0v) is 15.8. The summed E-state index contributed by atoms with van der Waals surface area (Å²) in [6, 6.07) is 10.5. The van der Waals surface area contributed by atoms with E-state index in [2.05, 4.69) is 55.7 Å². The lowest BCUT2D eigenvalue weighted by Gasteiger charge is -2.24. The molecule has 5 nitrogen and oxygen atoms in total. The molecule has 0 atom stereocenters. The molecule has 0 unspecified atom stereocenters. The van der Waals surface area contributed by atoms with Crippen LogP contribution in [-0.2, 0) is 10.2 Å². The van der Waals surface area contributed by atoms with Crippen LogP contribution in [0.1, 0.15) is 45.6 Å². The number of benzene rings is 1. The van der Waals surface area contributed by atoms with Gasteiger partial charge in [0.15, 0.2) is 5.96 Å². The molecule has 138 valence electrons. The van der Waals surface area contributed by atoms with Crippen LogP contribution in [0.5, 0.6) is 0 Å². The van der Waals surface area contributed by atoms with Crippen molar-refractivity contribution in [1.82, 2.24) is 15.5 Å². The molecule has 2 N–H and O–H groups in total. The standard InChI is InChI=1S/C20H32N4O/c1-4-21-19(22-13-9-15-24-14-8-12-18(24)25)23-16-20(2,3)17-10-6-5-7-11-17/h5-7,10-11H,4,8-9,12-16H2,1-3H3,(H2,21,22,23). The van der Waals surface area contributed by atoms with Crippen molar-refractivity contribution in [3.63, 3.8) is 0 Å². The van der Waals surface area contributed by atoms with E-state index < -0.39 is 0 Å². The van der Waals surface area contributed by atoms with Crippen molar-refractivity contribution in [1.29, 1.82) is 0 Å². The van der Waals surface area contributed by atoms with Crippen LogP contribution in [0.2, 0.25) is 0 Å². The first-order chi connectivity index (χ1) is 12.0. The van der Waals surface area contributed by atoms with Gasteiger partial charge in [0.05, 0.1) is 6.54 Å². The molecule has 0 bridgehead atoms. The molecule has 1 aromatic rings. The highest BCUT2D eigenvalue weighted by atomic mass is 16.2. The molecule has 1 aliphatic rings. The second kappa shape index (κ2) is 9.44. The van der Waals surface area contributed by atoms with Gasteiger partial charge in [0, 0.05) is 38.0 Å². The van der Waals surface area contributed by atoms with Crippen molar-refractivity contribution in [3.05, 3.63) is 35.9 Å². The minimum absolute atomic E-state index is 0.00835. The molecule has 1 fully saturated rings. The van der Waals surface area contributed by atoms with E-state index >= 15 is 0 Å². The third-order valence-electron chi connectivity index (χ3n) is 4.60. The number of nitrogens with one attached hydrogen (secondary N) is 2. The maximum atomic E-state index is 11.6. The molecule has 0 spiro atoms. The predicted molar refractivity (Wildman–Crippen MR) is 104 cm³/mol. The van der Waals surface area contributed by atoms with Crippen LogP contribution in [0.15, 0.2) is 35.3 Å². The van der Waals surface area contributed by atoms with E-state index in [0.29, 0.717) is 12.3 Å². The number of nitrogens with zero attached hydrogens (tertiary/aromatic N) is 2. The lowest BCUT2D eigenvalue weighted by atomic mass is 9.85. The minimum atomic E-state index is -0.00835. The van der Waals surface area contributed by atoms with E-state index in [9.17, 15) is 4.79 Å². The maximum Gasteiger partial charge on any atom is 0.222 e. The van der Waals surface area contributed by atoms with E-state index in [1.807, 2.05) is 11.0 Å². The van der Waals surface area contributed by atoms with Gasteiger partial charge in [-0.25, -0.2) is 0 Å². The first-order valence-electron chi connectivity index (χ1n) is 9.38. The molecule has 1 aromatic carbocycles. The molecule has 1 amide bonds. The Morgan fingerprint density at radius 3 is 2.64 bits per heavy atom. The van der Waals surface area contributed by atoms with E-state index in [1.165, 1.54) is 5.56 Å². The Morgan fingerprint density at radius 2 is 2.00 bits per heavy atom. The SMILES string of the molecule is CCNC(=NCC(C)(C)c1ccccc1)NCCCN1CCCC1=O. The normalized spacial score (nSPS) is 15.6. The van der Waals surface area contributed by atoms with Crippen LogP contribution in [0.3, 0.4) is 0 Å². The van der Waals surface area contributed by atoms with Crippen LogP contribution in [0, 0.1) is 0 Å². The summed E-state index contributed by atoms with van der Waals surface area (Å²) >= 11 is 0. The maximum absolute atomic E-state index is 11.6. The van der Waals surface area contributed by atoms with Crippen LogP contribution >= 0.6 is 0 Å². The van der Waals surface area contributed by atoms with Crippen LogP contribution in [0.4, 0.5) is 0 Å². The zero-order chi connectivity index (χ0) is 18.1. The van der Waals surface area contributed by atoms with E-state index in [-0.39, 0.29) is 5.41 Å². The highest BCUT2D eigenvalue weighted by molar-refractivity contribution is 5.80. The fourth-order valence-electron chi connectivity index (χ4n) is 3.02. The smallest absolute Gasteiger partial charge is 0.222 e. The van der Waals surface area contributed by atoms with Gasteiger partial charge in [0.1, 0.15) is 0 Å². The van der Waals surface area contributed by atoms with E-state index in [1.54, 1.807) is 0 Å². The van der Waals surface area contributed by atoms with Crippen molar-refractivity contribution >= 4 is 11.9 Å². The van der Waals surface area contributed by atoms with Crippen LogP contribution < -0.4 is 10.6 Å². The fraction of sp³-hybridized carbons (Fsp3) is 0.600. The quantitative estimate of drug-likeness (QED) is 0.433. The first kappa shape index (κ1) is 19.3. The number of amides is 1. The Hall–Kier alpha value is -2.04. The van der Waals surface area contributed by atoms with Crippen molar-refractivity contribution in [2.45, 2.75) is 45.4 Å². The largest absolute Gasteiger partial charge is 0.357 e. The fourth-order valence-corrected chi connectivity index (χ4v) is 3.02. The van der Waals surface area contributed by atoms with Gasteiger partial charge >= 0.3 is 0 Å². The summed E-state index contributed by atoms with van der Waals surface area (Å²) < 4.78 is 0. The summed E-state index contributed by atoms with van der Waals surface area (Å²) in [6.45, 7) is 10.6. The van der Waals surface area contributed by atoms with Crippen molar-refractivity contribution in [2.24, 2.45) is 4.99 Å². The highest BCUT2D eigenvalue weighted by Crippen LogP contribution is 2.22. The second-order valence-electron chi connectivity index (χ2n) is 7.21. The van der Waals surface area contributed by atoms with Gasteiger partial charge in [-0.2, -0.15) is 0 Å². The van der Waals surface area contributed by atoms with Gasteiger partial charge in [0.25, 0.3) is 0 Å². The summed E-state index contributed by atoms with van der Waals surface area (Å²) in [5, 5.41) is 6.69. The van der Waals surface area contributed by atoms with E-state index in [0.717, 1.165) is 51.5 Å². The molecule has 1 saturated heterocycles. The Balaban J connectivity index is 1.82. The van der Waals surface area contributed by atoms with Crippen LogP contribution in [0.25, 0.3) is 0 Å². The summed E-state index contributed by atoms with van der Waals surface area (Å²) in [5.41, 5.74) is 1.29. The third kappa shape index (κ3) is 6.07. The van der Waals surface area contributed by atoms with Crippen LogP contribution in [-0.4, -0.2) is 49.5 Å².